The van der Waals surface area contributed by atoms with E-state index in [1.807, 2.05) is 27.7 Å². The van der Waals surface area contributed by atoms with Crippen molar-refractivity contribution in [2.45, 2.75) is 38.9 Å². The zero-order valence-electron chi connectivity index (χ0n) is 11.9. The standard InChI is InChI=1S/C14H16BNO4/c1-13(2)14(3,4)20-15(19-13)8-5-6-9-10(7-8)16-12(18)11(9)17/h5-7H,1-4H3,(H,16,17,18). The predicted octanol–water partition coefficient (Wildman–Crippen LogP) is 1.12. The monoisotopic (exact) mass is 273 g/mol. The largest absolute Gasteiger partial charge is 0.494 e. The highest BCUT2D eigenvalue weighted by Crippen LogP contribution is 2.36. The summed E-state index contributed by atoms with van der Waals surface area (Å²) in [5.41, 5.74) is 0.866. The van der Waals surface area contributed by atoms with Crippen LogP contribution in [0.15, 0.2) is 18.2 Å². The van der Waals surface area contributed by atoms with Gasteiger partial charge in [-0.05, 0) is 45.3 Å². The molecule has 3 rings (SSSR count). The third-order valence-electron chi connectivity index (χ3n) is 4.27. The van der Waals surface area contributed by atoms with Crippen LogP contribution in [0.4, 0.5) is 5.69 Å². The van der Waals surface area contributed by atoms with Gasteiger partial charge in [0, 0.05) is 0 Å². The molecular formula is C14H16BNO4. The van der Waals surface area contributed by atoms with Gasteiger partial charge in [-0.25, -0.2) is 0 Å². The molecule has 1 fully saturated rings. The Morgan fingerprint density at radius 3 is 2.25 bits per heavy atom. The van der Waals surface area contributed by atoms with Gasteiger partial charge in [0.25, 0.3) is 11.7 Å². The minimum atomic E-state index is -0.592. The third kappa shape index (κ3) is 1.79. The summed E-state index contributed by atoms with van der Waals surface area (Å²) in [5, 5.41) is 2.55. The molecule has 20 heavy (non-hydrogen) atoms. The number of ketones is 1. The maximum absolute atomic E-state index is 11.6. The van der Waals surface area contributed by atoms with E-state index < -0.39 is 30.0 Å². The molecule has 0 saturated carbocycles. The van der Waals surface area contributed by atoms with Crippen LogP contribution in [0.2, 0.25) is 0 Å². The molecule has 0 aromatic heterocycles. The molecule has 6 heteroatoms. The van der Waals surface area contributed by atoms with Gasteiger partial charge in [-0.3, -0.25) is 9.59 Å². The predicted molar refractivity (Wildman–Crippen MR) is 75.1 cm³/mol. The van der Waals surface area contributed by atoms with Gasteiger partial charge < -0.3 is 14.6 Å². The average molecular weight is 273 g/mol. The van der Waals surface area contributed by atoms with Gasteiger partial charge in [0.15, 0.2) is 0 Å². The van der Waals surface area contributed by atoms with Gasteiger partial charge in [0.1, 0.15) is 0 Å². The molecule has 2 aliphatic rings. The first-order valence-electron chi connectivity index (χ1n) is 6.56. The molecule has 0 bridgehead atoms. The molecule has 2 aliphatic heterocycles. The van der Waals surface area contributed by atoms with Gasteiger partial charge in [0.2, 0.25) is 0 Å². The van der Waals surface area contributed by atoms with Crippen molar-refractivity contribution in [2.75, 3.05) is 5.32 Å². The second kappa shape index (κ2) is 3.93. The van der Waals surface area contributed by atoms with Crippen LogP contribution >= 0.6 is 0 Å². The van der Waals surface area contributed by atoms with Crippen molar-refractivity contribution in [3.05, 3.63) is 23.8 Å². The Bertz CT molecular complexity index is 608. The highest BCUT2D eigenvalue weighted by molar-refractivity contribution is 6.62. The molecule has 2 heterocycles. The number of benzene rings is 1. The van der Waals surface area contributed by atoms with Crippen LogP contribution in [0.3, 0.4) is 0 Å². The smallest absolute Gasteiger partial charge is 0.399 e. The molecule has 1 saturated heterocycles. The zero-order chi connectivity index (χ0) is 14.7. The van der Waals surface area contributed by atoms with Crippen molar-refractivity contribution in [2.24, 2.45) is 0 Å². The van der Waals surface area contributed by atoms with Crippen molar-refractivity contribution in [1.82, 2.24) is 0 Å². The molecule has 1 aromatic carbocycles. The van der Waals surface area contributed by atoms with Gasteiger partial charge in [-0.15, -0.1) is 0 Å². The number of hydrogen-bond acceptors (Lipinski definition) is 4. The molecule has 1 aromatic rings. The second-order valence-electron chi connectivity index (χ2n) is 6.18. The van der Waals surface area contributed by atoms with E-state index in [2.05, 4.69) is 5.32 Å². The van der Waals surface area contributed by atoms with Gasteiger partial charge >= 0.3 is 7.12 Å². The van der Waals surface area contributed by atoms with E-state index in [0.717, 1.165) is 5.46 Å². The lowest BCUT2D eigenvalue weighted by atomic mass is 9.78. The molecule has 1 N–H and O–H groups in total. The number of anilines is 1. The summed E-state index contributed by atoms with van der Waals surface area (Å²) in [6.07, 6.45) is 0. The lowest BCUT2D eigenvalue weighted by Gasteiger charge is -2.32. The second-order valence-corrected chi connectivity index (χ2v) is 6.18. The lowest BCUT2D eigenvalue weighted by Crippen LogP contribution is -2.41. The first kappa shape index (κ1) is 13.3. The van der Waals surface area contributed by atoms with E-state index in [1.165, 1.54) is 0 Å². The lowest BCUT2D eigenvalue weighted by molar-refractivity contribution is -0.112. The Labute approximate surface area is 117 Å². The van der Waals surface area contributed by atoms with E-state index in [0.29, 0.717) is 11.3 Å². The summed E-state index contributed by atoms with van der Waals surface area (Å²) in [4.78, 5) is 22.9. The number of Topliss-reactive ketones (excluding diaryl/α,β-unsaturated/α-hetero) is 1. The quantitative estimate of drug-likeness (QED) is 0.615. The summed E-state index contributed by atoms with van der Waals surface area (Å²) in [6, 6.07) is 5.13. The van der Waals surface area contributed by atoms with Gasteiger partial charge in [-0.2, -0.15) is 0 Å². The van der Waals surface area contributed by atoms with E-state index in [1.54, 1.807) is 18.2 Å². The Morgan fingerprint density at radius 1 is 1.05 bits per heavy atom. The van der Waals surface area contributed by atoms with E-state index in [9.17, 15) is 9.59 Å². The van der Waals surface area contributed by atoms with Gasteiger partial charge in [-0.1, -0.05) is 6.07 Å². The number of fused-ring (bicyclic) bond motifs is 1. The molecular weight excluding hydrogens is 257 g/mol. The topological polar surface area (TPSA) is 64.6 Å². The van der Waals surface area contributed by atoms with Crippen LogP contribution in [0, 0.1) is 0 Å². The fourth-order valence-electron chi connectivity index (χ4n) is 2.29. The zero-order valence-corrected chi connectivity index (χ0v) is 11.9. The summed E-state index contributed by atoms with van der Waals surface area (Å²) >= 11 is 0. The van der Waals surface area contributed by atoms with Crippen molar-refractivity contribution >= 4 is 30.0 Å². The van der Waals surface area contributed by atoms with Crippen LogP contribution in [0.5, 0.6) is 0 Å². The van der Waals surface area contributed by atoms with Crippen LogP contribution < -0.4 is 10.8 Å². The third-order valence-corrected chi connectivity index (χ3v) is 4.27. The number of carbonyl (C=O) groups is 2. The molecule has 0 radical (unpaired) electrons. The molecule has 104 valence electrons. The van der Waals surface area contributed by atoms with Gasteiger partial charge in [0.05, 0.1) is 22.5 Å². The Morgan fingerprint density at radius 2 is 1.65 bits per heavy atom. The molecule has 0 aliphatic carbocycles. The van der Waals surface area contributed by atoms with Crippen molar-refractivity contribution in [3.63, 3.8) is 0 Å². The Hall–Kier alpha value is -1.66. The van der Waals surface area contributed by atoms with Crippen molar-refractivity contribution in [1.29, 1.82) is 0 Å². The minimum absolute atomic E-state index is 0.398. The molecule has 0 atom stereocenters. The van der Waals surface area contributed by atoms with Crippen LogP contribution in [0.1, 0.15) is 38.1 Å². The highest BCUT2D eigenvalue weighted by atomic mass is 16.7. The Balaban J connectivity index is 1.93. The first-order valence-corrected chi connectivity index (χ1v) is 6.56. The molecule has 0 unspecified atom stereocenters. The van der Waals surface area contributed by atoms with E-state index in [-0.39, 0.29) is 0 Å². The highest BCUT2D eigenvalue weighted by Gasteiger charge is 2.51. The first-order chi connectivity index (χ1) is 9.21. The number of rotatable bonds is 1. The maximum Gasteiger partial charge on any atom is 0.494 e. The summed E-state index contributed by atoms with van der Waals surface area (Å²) in [5.74, 6) is -1.09. The minimum Gasteiger partial charge on any atom is -0.399 e. The Kier molecular flexibility index (Phi) is 2.62. The number of nitrogens with one attached hydrogen (secondary N) is 1. The fraction of sp³-hybridized carbons (Fsp3) is 0.429. The van der Waals surface area contributed by atoms with Crippen molar-refractivity contribution in [3.8, 4) is 0 Å². The van der Waals surface area contributed by atoms with Crippen LogP contribution in [-0.2, 0) is 14.1 Å². The number of hydrogen-bond donors (Lipinski definition) is 1. The molecule has 5 nitrogen and oxygen atoms in total. The normalized spacial score (nSPS) is 22.9. The SMILES string of the molecule is CC1(C)OB(c2ccc3c(c2)NC(=O)C3=O)OC1(C)C. The number of carbonyl (C=O) groups excluding carboxylic acids is 2. The summed E-state index contributed by atoms with van der Waals surface area (Å²) in [7, 11) is -0.502. The van der Waals surface area contributed by atoms with Crippen LogP contribution in [-0.4, -0.2) is 30.0 Å². The number of amides is 1. The van der Waals surface area contributed by atoms with E-state index >= 15 is 0 Å². The van der Waals surface area contributed by atoms with E-state index in [4.69, 9.17) is 9.31 Å². The summed E-state index contributed by atoms with van der Waals surface area (Å²) < 4.78 is 11.9. The fourth-order valence-corrected chi connectivity index (χ4v) is 2.29. The molecule has 1 amide bonds. The maximum atomic E-state index is 11.6. The summed E-state index contributed by atoms with van der Waals surface area (Å²) in [6.45, 7) is 7.91. The van der Waals surface area contributed by atoms with Crippen molar-refractivity contribution < 1.29 is 18.9 Å². The average Bonchev–Trinajstić information content (AvgIpc) is 2.74. The molecule has 0 spiro atoms. The van der Waals surface area contributed by atoms with Crippen LogP contribution in [0.25, 0.3) is 0 Å².